The molecule has 0 nitrogen and oxygen atoms in total. The van der Waals surface area contributed by atoms with Gasteiger partial charge in [-0.3, -0.25) is 0 Å². The number of unbranched alkanes of at least 4 members (excludes halogenated alkanes) is 2. The summed E-state index contributed by atoms with van der Waals surface area (Å²) in [6, 6.07) is 17.8. The molecule has 0 aromatic heterocycles. The van der Waals surface area contributed by atoms with Gasteiger partial charge in [-0.1, -0.05) is 49.4 Å². The average molecular weight is 314 g/mol. The van der Waals surface area contributed by atoms with Crippen LogP contribution in [0.3, 0.4) is 0 Å². The first-order chi connectivity index (χ1) is 10.3. The van der Waals surface area contributed by atoms with Gasteiger partial charge in [0.1, 0.15) is 4.91 Å². The van der Waals surface area contributed by atoms with Gasteiger partial charge in [0.15, 0.2) is 9.79 Å². The fourth-order valence-corrected chi connectivity index (χ4v) is 6.38. The maximum atomic E-state index is 2.45. The molecular weight excluding hydrogens is 292 g/mol. The first-order valence-corrected chi connectivity index (χ1v) is 9.62. The zero-order chi connectivity index (χ0) is 14.7. The second-order valence-corrected chi connectivity index (χ2v) is 8.48. The number of allylic oxidation sites excluding steroid dienone is 2. The van der Waals surface area contributed by atoms with Gasteiger partial charge in [0.2, 0.25) is 0 Å². The maximum Gasteiger partial charge on any atom is 0.180 e. The van der Waals surface area contributed by atoms with Crippen LogP contribution in [0.5, 0.6) is 0 Å². The normalized spacial score (nSPS) is 14.7. The highest BCUT2D eigenvalue weighted by atomic mass is 32.2. The van der Waals surface area contributed by atoms with E-state index in [1.807, 2.05) is 11.8 Å². The molecule has 21 heavy (non-hydrogen) atoms. The van der Waals surface area contributed by atoms with Crippen molar-refractivity contribution in [2.45, 2.75) is 52.7 Å². The van der Waals surface area contributed by atoms with Crippen LogP contribution in [0, 0.1) is 0 Å². The van der Waals surface area contributed by atoms with Gasteiger partial charge in [0.25, 0.3) is 0 Å². The summed E-state index contributed by atoms with van der Waals surface area (Å²) in [5.41, 5.74) is 0. The van der Waals surface area contributed by atoms with Crippen molar-refractivity contribution in [3.05, 3.63) is 59.5 Å². The molecule has 0 fully saturated rings. The molecular formula is C19H21S2+. The third-order valence-corrected chi connectivity index (χ3v) is 7.48. The largest absolute Gasteiger partial charge is 0.180 e. The van der Waals surface area contributed by atoms with E-state index in [1.165, 1.54) is 43.7 Å². The lowest BCUT2D eigenvalue weighted by molar-refractivity contribution is 0.813. The summed E-state index contributed by atoms with van der Waals surface area (Å²) < 4.78 is 0. The summed E-state index contributed by atoms with van der Waals surface area (Å²) in [5, 5.41) is 0. The third kappa shape index (κ3) is 3.07. The summed E-state index contributed by atoms with van der Waals surface area (Å²) in [5.74, 6) is 0. The number of hydrogen-bond donors (Lipinski definition) is 0. The second-order valence-electron chi connectivity index (χ2n) is 5.26. The van der Waals surface area contributed by atoms with E-state index in [1.54, 1.807) is 0 Å². The van der Waals surface area contributed by atoms with Crippen molar-refractivity contribution in [2.75, 3.05) is 0 Å². The van der Waals surface area contributed by atoms with Crippen LogP contribution in [-0.2, 0) is 10.9 Å². The van der Waals surface area contributed by atoms with Gasteiger partial charge in [0.05, 0.1) is 20.7 Å². The van der Waals surface area contributed by atoms with Crippen molar-refractivity contribution in [1.29, 1.82) is 0 Å². The molecule has 0 saturated carbocycles. The lowest BCUT2D eigenvalue weighted by Crippen LogP contribution is -2.11. The van der Waals surface area contributed by atoms with Crippen LogP contribution in [0.1, 0.15) is 33.1 Å². The van der Waals surface area contributed by atoms with Gasteiger partial charge in [-0.2, -0.15) is 0 Å². The lowest BCUT2D eigenvalue weighted by atomic mass is 10.2. The Morgan fingerprint density at radius 3 is 2.14 bits per heavy atom. The van der Waals surface area contributed by atoms with Gasteiger partial charge in [-0.05, 0) is 43.2 Å². The van der Waals surface area contributed by atoms with Crippen LogP contribution in [-0.4, -0.2) is 0 Å². The maximum absolute atomic E-state index is 2.45. The Morgan fingerprint density at radius 2 is 1.57 bits per heavy atom. The fourth-order valence-electron chi connectivity index (χ4n) is 2.58. The van der Waals surface area contributed by atoms with Gasteiger partial charge in [-0.25, -0.2) is 0 Å². The van der Waals surface area contributed by atoms with Crippen molar-refractivity contribution in [3.8, 4) is 0 Å². The molecule has 0 aliphatic carbocycles. The minimum absolute atomic E-state index is 0.0975. The Hall–Kier alpha value is -1.12. The second kappa shape index (κ2) is 6.76. The smallest absolute Gasteiger partial charge is 0.0795 e. The van der Waals surface area contributed by atoms with Crippen LogP contribution in [0.4, 0.5) is 0 Å². The van der Waals surface area contributed by atoms with E-state index in [9.17, 15) is 0 Å². The number of fused-ring (bicyclic) bond motifs is 2. The standard InChI is InChI=1S/C19H21S2/c1-3-4-5-10-15(2)21-18-13-8-6-11-16(18)20-17-12-7-9-14-19(17)21/h6-14H,3-5H2,1-2H3/q+1/b15-10-. The van der Waals surface area contributed by atoms with E-state index in [0.29, 0.717) is 0 Å². The molecule has 108 valence electrons. The number of rotatable bonds is 4. The fraction of sp³-hybridized carbons (Fsp3) is 0.263. The van der Waals surface area contributed by atoms with Crippen molar-refractivity contribution in [3.63, 3.8) is 0 Å². The number of benzene rings is 2. The van der Waals surface area contributed by atoms with Gasteiger partial charge in [0, 0.05) is 6.92 Å². The molecule has 2 heteroatoms. The Morgan fingerprint density at radius 1 is 1.00 bits per heavy atom. The van der Waals surface area contributed by atoms with E-state index < -0.39 is 0 Å². The molecule has 1 aliphatic heterocycles. The third-order valence-electron chi connectivity index (χ3n) is 3.67. The van der Waals surface area contributed by atoms with Crippen molar-refractivity contribution >= 4 is 22.7 Å². The van der Waals surface area contributed by atoms with Crippen molar-refractivity contribution < 1.29 is 0 Å². The minimum Gasteiger partial charge on any atom is -0.0795 e. The summed E-state index contributed by atoms with van der Waals surface area (Å²) in [7, 11) is 0.0975. The lowest BCUT2D eigenvalue weighted by Gasteiger charge is -2.19. The van der Waals surface area contributed by atoms with E-state index in [0.717, 1.165) is 0 Å². The highest BCUT2D eigenvalue weighted by molar-refractivity contribution is 8.05. The van der Waals surface area contributed by atoms with Crippen LogP contribution in [0.2, 0.25) is 0 Å². The Balaban J connectivity index is 2.04. The summed E-state index contributed by atoms with van der Waals surface area (Å²) in [6.07, 6.45) is 6.20. The molecule has 0 bridgehead atoms. The topological polar surface area (TPSA) is 0 Å². The van der Waals surface area contributed by atoms with Crippen molar-refractivity contribution in [1.82, 2.24) is 0 Å². The molecule has 1 heterocycles. The molecule has 0 N–H and O–H groups in total. The molecule has 0 unspecified atom stereocenters. The average Bonchev–Trinajstić information content (AvgIpc) is 2.52. The number of hydrogen-bond acceptors (Lipinski definition) is 1. The minimum atomic E-state index is 0.0975. The zero-order valence-electron chi connectivity index (χ0n) is 12.6. The molecule has 0 saturated heterocycles. The molecule has 1 aliphatic rings. The van der Waals surface area contributed by atoms with Gasteiger partial charge >= 0.3 is 0 Å². The monoisotopic (exact) mass is 313 g/mol. The summed E-state index contributed by atoms with van der Waals surface area (Å²) in [4.78, 5) is 7.34. The van der Waals surface area contributed by atoms with E-state index in [2.05, 4.69) is 68.5 Å². The van der Waals surface area contributed by atoms with Gasteiger partial charge < -0.3 is 0 Å². The summed E-state index contributed by atoms with van der Waals surface area (Å²) in [6.45, 7) is 4.57. The molecule has 0 amide bonds. The Bertz CT molecular complexity index is 613. The molecule has 0 radical (unpaired) electrons. The van der Waals surface area contributed by atoms with Crippen LogP contribution in [0.25, 0.3) is 0 Å². The van der Waals surface area contributed by atoms with E-state index >= 15 is 0 Å². The SMILES string of the molecule is CCCC/C=C(/C)[S+]1c2ccccc2Sc2ccccc21. The highest BCUT2D eigenvalue weighted by Gasteiger charge is 2.37. The predicted octanol–water partition coefficient (Wildman–Crippen LogP) is 6.28. The predicted molar refractivity (Wildman–Crippen MR) is 94.2 cm³/mol. The molecule has 3 rings (SSSR count). The molecule has 0 spiro atoms. The van der Waals surface area contributed by atoms with E-state index in [-0.39, 0.29) is 10.9 Å². The first kappa shape index (κ1) is 14.8. The molecule has 0 atom stereocenters. The first-order valence-electron chi connectivity index (χ1n) is 7.58. The van der Waals surface area contributed by atoms with Crippen LogP contribution in [0.15, 0.2) is 79.1 Å². The van der Waals surface area contributed by atoms with Gasteiger partial charge in [-0.15, -0.1) is 0 Å². The Kier molecular flexibility index (Phi) is 4.77. The van der Waals surface area contributed by atoms with E-state index in [4.69, 9.17) is 0 Å². The zero-order valence-corrected chi connectivity index (χ0v) is 14.3. The quantitative estimate of drug-likeness (QED) is 0.472. The highest BCUT2D eigenvalue weighted by Crippen LogP contribution is 2.47. The molecule has 2 aromatic carbocycles. The van der Waals surface area contributed by atoms with Crippen LogP contribution >= 0.6 is 11.8 Å². The molecule has 2 aromatic rings. The van der Waals surface area contributed by atoms with Crippen LogP contribution < -0.4 is 0 Å². The van der Waals surface area contributed by atoms with Crippen molar-refractivity contribution in [2.24, 2.45) is 0 Å². The summed E-state index contributed by atoms with van der Waals surface area (Å²) >= 11 is 1.91. The Labute approximate surface area is 135 Å².